The molecule has 0 fully saturated rings. The molecular formula is C21H21ClN4O3S. The molecule has 0 bridgehead atoms. The molecule has 156 valence electrons. The number of carbonyl (C=O) groups is 1. The average Bonchev–Trinajstić information content (AvgIpc) is 2.74. The maximum absolute atomic E-state index is 13.4. The van der Waals surface area contributed by atoms with Crippen LogP contribution in [0.3, 0.4) is 0 Å². The summed E-state index contributed by atoms with van der Waals surface area (Å²) in [7, 11) is -0.965. The fourth-order valence-corrected chi connectivity index (χ4v) is 4.23. The van der Waals surface area contributed by atoms with Gasteiger partial charge in [-0.2, -0.15) is 0 Å². The zero-order valence-corrected chi connectivity index (χ0v) is 18.1. The highest BCUT2D eigenvalue weighted by Crippen LogP contribution is 2.26. The first kappa shape index (κ1) is 21.9. The van der Waals surface area contributed by atoms with E-state index in [4.69, 9.17) is 11.6 Å². The molecule has 0 saturated heterocycles. The van der Waals surface area contributed by atoms with Gasteiger partial charge >= 0.3 is 0 Å². The Bertz CT molecular complexity index is 1080. The Kier molecular flexibility index (Phi) is 6.81. The van der Waals surface area contributed by atoms with Gasteiger partial charge in [-0.3, -0.25) is 14.8 Å². The number of hydrogen-bond donors (Lipinski definition) is 0. The van der Waals surface area contributed by atoms with Crippen molar-refractivity contribution in [3.63, 3.8) is 0 Å². The lowest BCUT2D eigenvalue weighted by Gasteiger charge is -2.23. The first-order chi connectivity index (χ1) is 14.3. The first-order valence-corrected chi connectivity index (χ1v) is 10.9. The number of nitrogens with zero attached hydrogens (tertiary/aromatic N) is 4. The standard InChI is InChI=1S/C21H21ClN4O3S/c1-25(2)30(28,29)20-12-18(5-6-19(20)22)21(27)26(14-16-7-10-23-11-8-16)15-17-4-3-9-24-13-17/h3-13H,14-15H2,1-2H3. The van der Waals surface area contributed by atoms with Crippen LogP contribution in [0.1, 0.15) is 21.5 Å². The molecule has 0 aliphatic carbocycles. The molecule has 2 aromatic heterocycles. The predicted octanol–water partition coefficient (Wildman–Crippen LogP) is 3.22. The number of aromatic nitrogens is 2. The monoisotopic (exact) mass is 444 g/mol. The van der Waals surface area contributed by atoms with Crippen molar-refractivity contribution < 1.29 is 13.2 Å². The lowest BCUT2D eigenvalue weighted by atomic mass is 10.1. The van der Waals surface area contributed by atoms with Crippen LogP contribution in [0.4, 0.5) is 0 Å². The highest BCUT2D eigenvalue weighted by molar-refractivity contribution is 7.89. The fraction of sp³-hybridized carbons (Fsp3) is 0.190. The van der Waals surface area contributed by atoms with Crippen LogP contribution >= 0.6 is 11.6 Å². The smallest absolute Gasteiger partial charge is 0.254 e. The largest absolute Gasteiger partial charge is 0.330 e. The Balaban J connectivity index is 1.98. The zero-order chi connectivity index (χ0) is 21.7. The molecule has 0 unspecified atom stereocenters. The summed E-state index contributed by atoms with van der Waals surface area (Å²) in [4.78, 5) is 23.0. The lowest BCUT2D eigenvalue weighted by molar-refractivity contribution is 0.0729. The quantitative estimate of drug-likeness (QED) is 0.558. The summed E-state index contributed by atoms with van der Waals surface area (Å²) >= 11 is 6.12. The molecule has 0 radical (unpaired) electrons. The van der Waals surface area contributed by atoms with E-state index in [2.05, 4.69) is 9.97 Å². The summed E-state index contributed by atoms with van der Waals surface area (Å²) in [6, 6.07) is 11.6. The summed E-state index contributed by atoms with van der Waals surface area (Å²) in [5.41, 5.74) is 1.99. The Morgan fingerprint density at radius 2 is 1.67 bits per heavy atom. The highest BCUT2D eigenvalue weighted by Gasteiger charge is 2.24. The Labute approximate surface area is 181 Å². The maximum Gasteiger partial charge on any atom is 0.254 e. The zero-order valence-electron chi connectivity index (χ0n) is 16.6. The fourth-order valence-electron chi connectivity index (χ4n) is 2.83. The molecule has 1 aromatic carbocycles. The topological polar surface area (TPSA) is 83.5 Å². The van der Waals surface area contributed by atoms with Gasteiger partial charge in [0.25, 0.3) is 5.91 Å². The molecular weight excluding hydrogens is 424 g/mol. The van der Waals surface area contributed by atoms with E-state index in [0.29, 0.717) is 13.1 Å². The molecule has 0 spiro atoms. The van der Waals surface area contributed by atoms with E-state index in [9.17, 15) is 13.2 Å². The summed E-state index contributed by atoms with van der Waals surface area (Å²) < 4.78 is 26.2. The number of halogens is 1. The van der Waals surface area contributed by atoms with E-state index in [1.807, 2.05) is 18.2 Å². The van der Waals surface area contributed by atoms with Crippen LogP contribution in [0.2, 0.25) is 5.02 Å². The van der Waals surface area contributed by atoms with Crippen LogP contribution in [0.15, 0.2) is 72.1 Å². The molecule has 7 nitrogen and oxygen atoms in total. The van der Waals surface area contributed by atoms with Crippen LogP contribution in [0, 0.1) is 0 Å². The van der Waals surface area contributed by atoms with E-state index >= 15 is 0 Å². The number of amides is 1. The minimum absolute atomic E-state index is 0.0631. The van der Waals surface area contributed by atoms with Gasteiger partial charge in [-0.1, -0.05) is 17.7 Å². The van der Waals surface area contributed by atoms with E-state index in [1.54, 1.807) is 35.8 Å². The lowest BCUT2D eigenvalue weighted by Crippen LogP contribution is -2.30. The van der Waals surface area contributed by atoms with Crippen LogP contribution in [0.25, 0.3) is 0 Å². The van der Waals surface area contributed by atoms with Gasteiger partial charge < -0.3 is 4.90 Å². The molecule has 30 heavy (non-hydrogen) atoms. The first-order valence-electron chi connectivity index (χ1n) is 9.08. The number of benzene rings is 1. The summed E-state index contributed by atoms with van der Waals surface area (Å²) in [6.07, 6.45) is 6.67. The van der Waals surface area contributed by atoms with Crippen molar-refractivity contribution in [2.75, 3.05) is 14.1 Å². The van der Waals surface area contributed by atoms with Crippen molar-refractivity contribution in [1.29, 1.82) is 0 Å². The van der Waals surface area contributed by atoms with Gasteiger partial charge in [0.15, 0.2) is 0 Å². The van der Waals surface area contributed by atoms with Crippen molar-refractivity contribution in [1.82, 2.24) is 19.2 Å². The summed E-state index contributed by atoms with van der Waals surface area (Å²) in [6.45, 7) is 0.641. The third-order valence-electron chi connectivity index (χ3n) is 4.44. The SMILES string of the molecule is CN(C)S(=O)(=O)c1cc(C(=O)N(Cc2ccncc2)Cc2cccnc2)ccc1Cl. The number of hydrogen-bond acceptors (Lipinski definition) is 5. The van der Waals surface area contributed by atoms with Crippen molar-refractivity contribution in [2.24, 2.45) is 0 Å². The second-order valence-corrected chi connectivity index (χ2v) is 9.34. The van der Waals surface area contributed by atoms with E-state index in [-0.39, 0.29) is 21.4 Å². The van der Waals surface area contributed by atoms with Crippen molar-refractivity contribution >= 4 is 27.5 Å². The van der Waals surface area contributed by atoms with Crippen molar-refractivity contribution in [2.45, 2.75) is 18.0 Å². The third-order valence-corrected chi connectivity index (χ3v) is 6.74. The molecule has 9 heteroatoms. The molecule has 0 saturated carbocycles. The minimum Gasteiger partial charge on any atom is -0.330 e. The van der Waals surface area contributed by atoms with Crippen molar-refractivity contribution in [3.8, 4) is 0 Å². The minimum atomic E-state index is -3.79. The average molecular weight is 445 g/mol. The highest BCUT2D eigenvalue weighted by atomic mass is 35.5. The molecule has 3 aromatic rings. The van der Waals surface area contributed by atoms with Crippen LogP contribution < -0.4 is 0 Å². The van der Waals surface area contributed by atoms with Gasteiger partial charge in [0.2, 0.25) is 10.0 Å². The van der Waals surface area contributed by atoms with Gasteiger partial charge in [0.05, 0.1) is 5.02 Å². The van der Waals surface area contributed by atoms with Crippen LogP contribution in [-0.2, 0) is 23.1 Å². The predicted molar refractivity (Wildman–Crippen MR) is 114 cm³/mol. The Morgan fingerprint density at radius 3 is 2.30 bits per heavy atom. The maximum atomic E-state index is 13.4. The van der Waals surface area contributed by atoms with Gasteiger partial charge in [-0.15, -0.1) is 0 Å². The number of rotatable bonds is 7. The Hall–Kier alpha value is -2.81. The van der Waals surface area contributed by atoms with Gasteiger partial charge in [-0.05, 0) is 47.5 Å². The second kappa shape index (κ2) is 9.34. The number of sulfonamides is 1. The van der Waals surface area contributed by atoms with E-state index in [1.165, 1.54) is 32.3 Å². The molecule has 0 atom stereocenters. The molecule has 2 heterocycles. The van der Waals surface area contributed by atoms with Gasteiger partial charge in [0, 0.05) is 57.5 Å². The molecule has 3 rings (SSSR count). The van der Waals surface area contributed by atoms with E-state index < -0.39 is 10.0 Å². The van der Waals surface area contributed by atoms with Crippen LogP contribution in [0.5, 0.6) is 0 Å². The summed E-state index contributed by atoms with van der Waals surface area (Å²) in [5, 5.41) is 0.0631. The van der Waals surface area contributed by atoms with Gasteiger partial charge in [-0.25, -0.2) is 12.7 Å². The van der Waals surface area contributed by atoms with Gasteiger partial charge in [0.1, 0.15) is 4.90 Å². The number of pyridine rings is 2. The second-order valence-electron chi connectivity index (χ2n) is 6.81. The molecule has 0 N–H and O–H groups in total. The van der Waals surface area contributed by atoms with E-state index in [0.717, 1.165) is 15.4 Å². The van der Waals surface area contributed by atoms with Crippen LogP contribution in [-0.4, -0.2) is 47.6 Å². The molecule has 1 amide bonds. The molecule has 0 aliphatic heterocycles. The molecule has 0 aliphatic rings. The third kappa shape index (κ3) is 5.02. The van der Waals surface area contributed by atoms with Crippen molar-refractivity contribution in [3.05, 3.63) is 89.0 Å². The normalized spacial score (nSPS) is 11.5. The summed E-state index contributed by atoms with van der Waals surface area (Å²) in [5.74, 6) is -0.317. The number of carbonyl (C=O) groups excluding carboxylic acids is 1. The Morgan fingerprint density at radius 1 is 0.967 bits per heavy atom.